The van der Waals surface area contributed by atoms with Gasteiger partial charge in [-0.3, -0.25) is 9.59 Å². The van der Waals surface area contributed by atoms with E-state index < -0.39 is 0 Å². The van der Waals surface area contributed by atoms with Gasteiger partial charge >= 0.3 is 0 Å². The maximum absolute atomic E-state index is 13.0. The van der Waals surface area contributed by atoms with Crippen LogP contribution in [0.3, 0.4) is 0 Å². The van der Waals surface area contributed by atoms with Crippen LogP contribution in [-0.4, -0.2) is 51.1 Å². The van der Waals surface area contributed by atoms with Gasteiger partial charge in [-0.2, -0.15) is 0 Å². The summed E-state index contributed by atoms with van der Waals surface area (Å²) in [5, 5.41) is 3.58. The molecule has 0 atom stereocenters. The van der Waals surface area contributed by atoms with E-state index in [1.165, 1.54) is 21.3 Å². The Balaban J connectivity index is 1.53. The van der Waals surface area contributed by atoms with E-state index in [-0.39, 0.29) is 17.7 Å². The summed E-state index contributed by atoms with van der Waals surface area (Å²) in [6, 6.07) is 10.8. The van der Waals surface area contributed by atoms with Crippen LogP contribution in [0.25, 0.3) is 0 Å². The van der Waals surface area contributed by atoms with Crippen LogP contribution in [0.15, 0.2) is 36.4 Å². The van der Waals surface area contributed by atoms with E-state index in [2.05, 4.69) is 5.32 Å². The lowest BCUT2D eigenvalue weighted by atomic mass is 9.92. The highest BCUT2D eigenvalue weighted by atomic mass is 35.5. The summed E-state index contributed by atoms with van der Waals surface area (Å²) in [4.78, 5) is 27.2. The molecule has 7 nitrogen and oxygen atoms in total. The Hall–Kier alpha value is -2.93. The summed E-state index contributed by atoms with van der Waals surface area (Å²) in [7, 11) is 4.57. The number of rotatable bonds is 8. The smallest absolute Gasteiger partial charge is 0.254 e. The summed E-state index contributed by atoms with van der Waals surface area (Å²) >= 11 is 6.14. The number of nitrogens with one attached hydrogen (secondary N) is 1. The Morgan fingerprint density at radius 3 is 2.22 bits per heavy atom. The van der Waals surface area contributed by atoms with Crippen molar-refractivity contribution < 1.29 is 23.8 Å². The number of amides is 2. The third kappa shape index (κ3) is 5.65. The first-order valence-corrected chi connectivity index (χ1v) is 10.9. The molecule has 0 radical (unpaired) electrons. The molecule has 0 aromatic heterocycles. The molecule has 1 heterocycles. The van der Waals surface area contributed by atoms with Crippen molar-refractivity contribution >= 4 is 23.4 Å². The minimum absolute atomic E-state index is 0.000626. The first-order valence-electron chi connectivity index (χ1n) is 10.6. The number of likely N-dealkylation sites (tertiary alicyclic amines) is 1. The maximum Gasteiger partial charge on any atom is 0.254 e. The SMILES string of the molecule is COc1cc(C(=O)N2CCC(CC(=O)NCc3ccccc3Cl)CC2)cc(OC)c1OC. The van der Waals surface area contributed by atoms with E-state index in [9.17, 15) is 9.59 Å². The van der Waals surface area contributed by atoms with Crippen molar-refractivity contribution in [2.45, 2.75) is 25.8 Å². The number of hydrogen-bond acceptors (Lipinski definition) is 5. The molecule has 3 rings (SSSR count). The number of nitrogens with zero attached hydrogens (tertiary/aromatic N) is 1. The first kappa shape index (κ1) is 23.7. The molecule has 8 heteroatoms. The van der Waals surface area contributed by atoms with Crippen molar-refractivity contribution in [3.63, 3.8) is 0 Å². The molecule has 0 spiro atoms. The average molecular weight is 461 g/mol. The number of carbonyl (C=O) groups excluding carboxylic acids is 2. The number of carbonyl (C=O) groups is 2. The summed E-state index contributed by atoms with van der Waals surface area (Å²) in [5.41, 5.74) is 1.38. The van der Waals surface area contributed by atoms with Crippen molar-refractivity contribution in [1.82, 2.24) is 10.2 Å². The van der Waals surface area contributed by atoms with Crippen LogP contribution in [0.1, 0.15) is 35.2 Å². The van der Waals surface area contributed by atoms with Gasteiger partial charge in [0, 0.05) is 36.6 Å². The molecular weight excluding hydrogens is 432 g/mol. The van der Waals surface area contributed by atoms with E-state index in [0.29, 0.717) is 53.9 Å². The van der Waals surface area contributed by atoms with Crippen LogP contribution in [0.4, 0.5) is 0 Å². The highest BCUT2D eigenvalue weighted by Crippen LogP contribution is 2.38. The second-order valence-electron chi connectivity index (χ2n) is 7.72. The molecule has 2 amide bonds. The van der Waals surface area contributed by atoms with Crippen LogP contribution in [0, 0.1) is 5.92 Å². The van der Waals surface area contributed by atoms with Gasteiger partial charge in [-0.05, 0) is 42.5 Å². The summed E-state index contributed by atoms with van der Waals surface area (Å²) < 4.78 is 16.0. The minimum Gasteiger partial charge on any atom is -0.493 e. The predicted molar refractivity (Wildman–Crippen MR) is 123 cm³/mol. The largest absolute Gasteiger partial charge is 0.493 e. The van der Waals surface area contributed by atoms with E-state index in [1.54, 1.807) is 17.0 Å². The van der Waals surface area contributed by atoms with Crippen molar-refractivity contribution in [3.8, 4) is 17.2 Å². The fourth-order valence-corrected chi connectivity index (χ4v) is 4.10. The fraction of sp³-hybridized carbons (Fsp3) is 0.417. The lowest BCUT2D eigenvalue weighted by Crippen LogP contribution is -2.39. The molecule has 32 heavy (non-hydrogen) atoms. The van der Waals surface area contributed by atoms with E-state index in [4.69, 9.17) is 25.8 Å². The number of piperidine rings is 1. The van der Waals surface area contributed by atoms with Crippen LogP contribution in [0.5, 0.6) is 17.2 Å². The third-order valence-electron chi connectivity index (χ3n) is 5.72. The topological polar surface area (TPSA) is 77.1 Å². The molecular formula is C24H29ClN2O5. The van der Waals surface area contributed by atoms with Gasteiger partial charge in [-0.1, -0.05) is 29.8 Å². The normalized spacial score (nSPS) is 14.1. The number of methoxy groups -OCH3 is 3. The zero-order valence-corrected chi connectivity index (χ0v) is 19.4. The maximum atomic E-state index is 13.0. The molecule has 1 aliphatic heterocycles. The Morgan fingerprint density at radius 2 is 1.66 bits per heavy atom. The fourth-order valence-electron chi connectivity index (χ4n) is 3.90. The van der Waals surface area contributed by atoms with Gasteiger partial charge in [-0.25, -0.2) is 0 Å². The van der Waals surface area contributed by atoms with E-state index in [1.807, 2.05) is 24.3 Å². The van der Waals surface area contributed by atoms with Crippen molar-refractivity contribution in [2.24, 2.45) is 5.92 Å². The molecule has 0 saturated carbocycles. The third-order valence-corrected chi connectivity index (χ3v) is 6.09. The molecule has 0 aliphatic carbocycles. The Labute approximate surface area is 193 Å². The standard InChI is InChI=1S/C24H29ClN2O5/c1-30-20-13-18(14-21(31-2)23(20)32-3)24(29)27-10-8-16(9-11-27)12-22(28)26-15-17-6-4-5-7-19(17)25/h4-7,13-14,16H,8-12,15H2,1-3H3,(H,26,28). The summed E-state index contributed by atoms with van der Waals surface area (Å²) in [6.45, 7) is 1.60. The highest BCUT2D eigenvalue weighted by Gasteiger charge is 2.26. The second kappa shape index (κ2) is 11.1. The number of ether oxygens (including phenoxy) is 3. The predicted octanol–water partition coefficient (Wildman–Crippen LogP) is 3.92. The molecule has 1 saturated heterocycles. The molecule has 0 unspecified atom stereocenters. The molecule has 1 aliphatic rings. The molecule has 2 aromatic rings. The highest BCUT2D eigenvalue weighted by molar-refractivity contribution is 6.31. The van der Waals surface area contributed by atoms with Gasteiger partial charge < -0.3 is 24.4 Å². The van der Waals surface area contributed by atoms with Crippen LogP contribution < -0.4 is 19.5 Å². The number of halogens is 1. The number of benzene rings is 2. The van der Waals surface area contributed by atoms with Crippen LogP contribution in [0.2, 0.25) is 5.02 Å². The molecule has 1 fully saturated rings. The van der Waals surface area contributed by atoms with Gasteiger partial charge in [0.25, 0.3) is 5.91 Å². The van der Waals surface area contributed by atoms with Crippen LogP contribution in [-0.2, 0) is 11.3 Å². The lowest BCUT2D eigenvalue weighted by molar-refractivity contribution is -0.122. The van der Waals surface area contributed by atoms with Crippen LogP contribution >= 0.6 is 11.6 Å². The Kier molecular flexibility index (Phi) is 8.22. The zero-order valence-electron chi connectivity index (χ0n) is 18.7. The van der Waals surface area contributed by atoms with E-state index >= 15 is 0 Å². The molecule has 2 aromatic carbocycles. The average Bonchev–Trinajstić information content (AvgIpc) is 2.82. The van der Waals surface area contributed by atoms with Gasteiger partial charge in [0.15, 0.2) is 11.5 Å². The van der Waals surface area contributed by atoms with Crippen molar-refractivity contribution in [2.75, 3.05) is 34.4 Å². The van der Waals surface area contributed by atoms with Crippen molar-refractivity contribution in [3.05, 3.63) is 52.5 Å². The van der Waals surface area contributed by atoms with Gasteiger partial charge in [0.05, 0.1) is 21.3 Å². The lowest BCUT2D eigenvalue weighted by Gasteiger charge is -2.32. The zero-order chi connectivity index (χ0) is 23.1. The molecule has 1 N–H and O–H groups in total. The summed E-state index contributed by atoms with van der Waals surface area (Å²) in [6.07, 6.45) is 1.99. The minimum atomic E-state index is -0.0918. The van der Waals surface area contributed by atoms with E-state index in [0.717, 1.165) is 18.4 Å². The first-order chi connectivity index (χ1) is 15.5. The second-order valence-corrected chi connectivity index (χ2v) is 8.13. The monoisotopic (exact) mass is 460 g/mol. The quantitative estimate of drug-likeness (QED) is 0.646. The Bertz CT molecular complexity index is 932. The van der Waals surface area contributed by atoms with Crippen molar-refractivity contribution in [1.29, 1.82) is 0 Å². The summed E-state index contributed by atoms with van der Waals surface area (Å²) in [5.74, 6) is 1.49. The van der Waals surface area contributed by atoms with Gasteiger partial charge in [-0.15, -0.1) is 0 Å². The Morgan fingerprint density at radius 1 is 1.03 bits per heavy atom. The number of hydrogen-bond donors (Lipinski definition) is 1. The molecule has 0 bridgehead atoms. The van der Waals surface area contributed by atoms with Gasteiger partial charge in [0.2, 0.25) is 11.7 Å². The van der Waals surface area contributed by atoms with Gasteiger partial charge in [0.1, 0.15) is 0 Å². The molecule has 172 valence electrons.